The molecule has 0 unspecified atom stereocenters. The highest BCUT2D eigenvalue weighted by molar-refractivity contribution is 5.66. The summed E-state index contributed by atoms with van der Waals surface area (Å²) in [5.41, 5.74) is 2.41. The molecule has 0 saturated heterocycles. The highest BCUT2D eigenvalue weighted by Crippen LogP contribution is 2.25. The first-order chi connectivity index (χ1) is 8.91. The van der Waals surface area contributed by atoms with Gasteiger partial charge in [0.2, 0.25) is 0 Å². The third-order valence-electron chi connectivity index (χ3n) is 2.87. The molecule has 1 rings (SSSR count). The van der Waals surface area contributed by atoms with Crippen molar-refractivity contribution >= 4 is 17.3 Å². The number of anilines is 1. The maximum Gasteiger partial charge on any atom is 0.303 e. The highest BCUT2D eigenvalue weighted by Gasteiger charge is 2.12. The second kappa shape index (κ2) is 6.72. The lowest BCUT2D eigenvalue weighted by Crippen LogP contribution is -2.05. The van der Waals surface area contributed by atoms with Crippen LogP contribution in [-0.4, -0.2) is 22.5 Å². The number of carboxylic acid groups (broad SMARTS) is 1. The molecule has 0 aromatic heterocycles. The summed E-state index contributed by atoms with van der Waals surface area (Å²) in [4.78, 5) is 20.7. The zero-order chi connectivity index (χ0) is 14.4. The molecule has 0 aliphatic rings. The van der Waals surface area contributed by atoms with Crippen LogP contribution in [0.5, 0.6) is 0 Å². The quantitative estimate of drug-likeness (QED) is 0.449. The van der Waals surface area contributed by atoms with E-state index >= 15 is 0 Å². The fourth-order valence-electron chi connectivity index (χ4n) is 1.81. The molecule has 104 valence electrons. The van der Waals surface area contributed by atoms with Crippen LogP contribution in [0.15, 0.2) is 12.1 Å². The number of carboxylic acids is 1. The average Bonchev–Trinajstić information content (AvgIpc) is 2.31. The molecule has 6 heteroatoms. The van der Waals surface area contributed by atoms with Gasteiger partial charge in [0.05, 0.1) is 4.92 Å². The number of aryl methyl sites for hydroxylation is 2. The Labute approximate surface area is 111 Å². The number of carbonyl (C=O) groups is 1. The lowest BCUT2D eigenvalue weighted by atomic mass is 10.1. The van der Waals surface area contributed by atoms with Gasteiger partial charge in [-0.15, -0.1) is 0 Å². The van der Waals surface area contributed by atoms with E-state index in [0.29, 0.717) is 18.5 Å². The molecule has 0 spiro atoms. The largest absolute Gasteiger partial charge is 0.481 e. The van der Waals surface area contributed by atoms with Gasteiger partial charge in [-0.25, -0.2) is 0 Å². The first-order valence-electron chi connectivity index (χ1n) is 6.13. The molecule has 0 amide bonds. The van der Waals surface area contributed by atoms with Crippen molar-refractivity contribution in [1.82, 2.24) is 0 Å². The van der Waals surface area contributed by atoms with E-state index in [4.69, 9.17) is 5.11 Å². The summed E-state index contributed by atoms with van der Waals surface area (Å²) in [5.74, 6) is -0.789. The molecular formula is C13H18N2O4. The Bertz CT molecular complexity index is 486. The Balaban J connectivity index is 2.57. The molecule has 0 radical (unpaired) electrons. The molecule has 0 bridgehead atoms. The molecule has 0 atom stereocenters. The van der Waals surface area contributed by atoms with Crippen LogP contribution in [0, 0.1) is 24.0 Å². The molecular weight excluding hydrogens is 248 g/mol. The fraction of sp³-hybridized carbons (Fsp3) is 0.462. The van der Waals surface area contributed by atoms with E-state index in [0.717, 1.165) is 17.7 Å². The SMILES string of the molecule is Cc1cc([N+](=O)[O-])c(C)cc1NCCCCC(=O)O. The van der Waals surface area contributed by atoms with Gasteiger partial charge in [-0.3, -0.25) is 14.9 Å². The average molecular weight is 266 g/mol. The summed E-state index contributed by atoms with van der Waals surface area (Å²) >= 11 is 0. The number of nitro benzene ring substituents is 1. The number of aliphatic carboxylic acids is 1. The Hall–Kier alpha value is -2.11. The summed E-state index contributed by atoms with van der Waals surface area (Å²) in [6, 6.07) is 3.31. The summed E-state index contributed by atoms with van der Waals surface area (Å²) in [7, 11) is 0. The predicted octanol–water partition coefficient (Wildman–Crippen LogP) is 2.88. The van der Waals surface area contributed by atoms with Crippen LogP contribution < -0.4 is 5.32 Å². The Morgan fingerprint density at radius 1 is 1.32 bits per heavy atom. The van der Waals surface area contributed by atoms with E-state index in [9.17, 15) is 14.9 Å². The van der Waals surface area contributed by atoms with Gasteiger partial charge in [0.1, 0.15) is 0 Å². The van der Waals surface area contributed by atoms with Crippen molar-refractivity contribution in [2.45, 2.75) is 33.1 Å². The standard InChI is InChI=1S/C13H18N2O4/c1-9-8-12(15(18)19)10(2)7-11(9)14-6-4-3-5-13(16)17/h7-8,14H,3-6H2,1-2H3,(H,16,17). The number of nitrogens with zero attached hydrogens (tertiary/aromatic N) is 1. The normalized spacial score (nSPS) is 10.2. The second-order valence-electron chi connectivity index (χ2n) is 4.49. The van der Waals surface area contributed by atoms with Crippen LogP contribution in [-0.2, 0) is 4.79 Å². The molecule has 0 saturated carbocycles. The molecule has 0 aliphatic carbocycles. The van der Waals surface area contributed by atoms with Gasteiger partial charge >= 0.3 is 5.97 Å². The lowest BCUT2D eigenvalue weighted by Gasteiger charge is -2.10. The van der Waals surface area contributed by atoms with Gasteiger partial charge in [0.25, 0.3) is 5.69 Å². The lowest BCUT2D eigenvalue weighted by molar-refractivity contribution is -0.385. The van der Waals surface area contributed by atoms with E-state index in [-0.39, 0.29) is 17.0 Å². The van der Waals surface area contributed by atoms with Crippen molar-refractivity contribution in [3.8, 4) is 0 Å². The van der Waals surface area contributed by atoms with Crippen molar-refractivity contribution in [1.29, 1.82) is 0 Å². The number of nitrogens with one attached hydrogen (secondary N) is 1. The maximum absolute atomic E-state index is 10.8. The van der Waals surface area contributed by atoms with Crippen LogP contribution in [0.4, 0.5) is 11.4 Å². The number of rotatable bonds is 7. The first-order valence-corrected chi connectivity index (χ1v) is 6.13. The number of benzene rings is 1. The van der Waals surface area contributed by atoms with Gasteiger partial charge in [0.15, 0.2) is 0 Å². The fourth-order valence-corrected chi connectivity index (χ4v) is 1.81. The number of nitro groups is 1. The van der Waals surface area contributed by atoms with Crippen LogP contribution in [0.2, 0.25) is 0 Å². The minimum Gasteiger partial charge on any atom is -0.481 e. The molecule has 2 N–H and O–H groups in total. The van der Waals surface area contributed by atoms with E-state index in [1.54, 1.807) is 19.1 Å². The molecule has 0 aliphatic heterocycles. The topological polar surface area (TPSA) is 92.5 Å². The first kappa shape index (κ1) is 14.9. The molecule has 0 fully saturated rings. The zero-order valence-corrected chi connectivity index (χ0v) is 11.1. The van der Waals surface area contributed by atoms with Crippen molar-refractivity contribution < 1.29 is 14.8 Å². The van der Waals surface area contributed by atoms with Crippen molar-refractivity contribution in [2.75, 3.05) is 11.9 Å². The summed E-state index contributed by atoms with van der Waals surface area (Å²) < 4.78 is 0. The van der Waals surface area contributed by atoms with Crippen LogP contribution in [0.1, 0.15) is 30.4 Å². The summed E-state index contributed by atoms with van der Waals surface area (Å²) in [6.45, 7) is 4.17. The van der Waals surface area contributed by atoms with E-state index in [2.05, 4.69) is 5.32 Å². The van der Waals surface area contributed by atoms with Crippen molar-refractivity contribution in [2.24, 2.45) is 0 Å². The number of hydrogen-bond donors (Lipinski definition) is 2. The molecule has 1 aromatic carbocycles. The molecule has 0 heterocycles. The Morgan fingerprint density at radius 3 is 2.58 bits per heavy atom. The summed E-state index contributed by atoms with van der Waals surface area (Å²) in [6.07, 6.45) is 1.54. The number of hydrogen-bond acceptors (Lipinski definition) is 4. The smallest absolute Gasteiger partial charge is 0.303 e. The third-order valence-corrected chi connectivity index (χ3v) is 2.87. The predicted molar refractivity (Wildman–Crippen MR) is 72.5 cm³/mol. The number of unbranched alkanes of at least 4 members (excludes halogenated alkanes) is 1. The van der Waals surface area contributed by atoms with Crippen LogP contribution >= 0.6 is 0 Å². The van der Waals surface area contributed by atoms with Gasteiger partial charge in [-0.1, -0.05) is 0 Å². The van der Waals surface area contributed by atoms with Crippen LogP contribution in [0.3, 0.4) is 0 Å². The van der Waals surface area contributed by atoms with Gasteiger partial charge in [-0.05, 0) is 38.3 Å². The summed E-state index contributed by atoms with van der Waals surface area (Å²) in [5, 5.41) is 22.5. The van der Waals surface area contributed by atoms with Gasteiger partial charge in [0, 0.05) is 30.3 Å². The van der Waals surface area contributed by atoms with Gasteiger partial charge in [-0.2, -0.15) is 0 Å². The minimum atomic E-state index is -0.789. The molecule has 19 heavy (non-hydrogen) atoms. The van der Waals surface area contributed by atoms with E-state index in [1.165, 1.54) is 0 Å². The monoisotopic (exact) mass is 266 g/mol. The third kappa shape index (κ3) is 4.57. The Kier molecular flexibility index (Phi) is 5.29. The highest BCUT2D eigenvalue weighted by atomic mass is 16.6. The Morgan fingerprint density at radius 2 is 2.00 bits per heavy atom. The molecule has 1 aromatic rings. The van der Waals surface area contributed by atoms with Crippen molar-refractivity contribution in [3.63, 3.8) is 0 Å². The van der Waals surface area contributed by atoms with E-state index < -0.39 is 5.97 Å². The maximum atomic E-state index is 10.8. The minimum absolute atomic E-state index is 0.119. The van der Waals surface area contributed by atoms with Crippen LogP contribution in [0.25, 0.3) is 0 Å². The zero-order valence-electron chi connectivity index (χ0n) is 11.1. The van der Waals surface area contributed by atoms with E-state index in [1.807, 2.05) is 6.92 Å². The van der Waals surface area contributed by atoms with Gasteiger partial charge < -0.3 is 10.4 Å². The second-order valence-corrected chi connectivity index (χ2v) is 4.49. The van der Waals surface area contributed by atoms with Crippen molar-refractivity contribution in [3.05, 3.63) is 33.4 Å². The molecule has 6 nitrogen and oxygen atoms in total.